The van der Waals surface area contributed by atoms with E-state index in [4.69, 9.17) is 4.74 Å². The van der Waals surface area contributed by atoms with E-state index in [0.717, 1.165) is 16.3 Å². The quantitative estimate of drug-likeness (QED) is 0.658. The van der Waals surface area contributed by atoms with Crippen molar-refractivity contribution in [3.8, 4) is 17.0 Å². The van der Waals surface area contributed by atoms with Crippen LogP contribution in [0.2, 0.25) is 0 Å². The highest BCUT2D eigenvalue weighted by atomic mass is 32.2. The monoisotopic (exact) mass is 392 g/mol. The van der Waals surface area contributed by atoms with E-state index in [9.17, 15) is 12.8 Å². The maximum absolute atomic E-state index is 12.8. The summed E-state index contributed by atoms with van der Waals surface area (Å²) >= 11 is 1.54. The molecule has 1 N–H and O–H groups in total. The molecule has 0 aliphatic rings. The number of thiazole rings is 1. The molecule has 136 valence electrons. The van der Waals surface area contributed by atoms with Gasteiger partial charge in [-0.15, -0.1) is 11.3 Å². The Morgan fingerprint density at radius 2 is 1.96 bits per heavy atom. The Morgan fingerprint density at radius 3 is 2.65 bits per heavy atom. The van der Waals surface area contributed by atoms with Crippen LogP contribution in [-0.2, 0) is 10.0 Å². The van der Waals surface area contributed by atoms with Gasteiger partial charge in [-0.25, -0.2) is 17.8 Å². The Balaban J connectivity index is 1.61. The van der Waals surface area contributed by atoms with Crippen LogP contribution in [0.1, 0.15) is 5.01 Å². The highest BCUT2D eigenvalue weighted by Crippen LogP contribution is 2.24. The first kappa shape index (κ1) is 18.3. The molecule has 0 fully saturated rings. The van der Waals surface area contributed by atoms with Gasteiger partial charge in [0, 0.05) is 16.6 Å². The number of nitrogens with one attached hydrogen (secondary N) is 1. The minimum Gasteiger partial charge on any atom is -0.492 e. The molecule has 0 unspecified atom stereocenters. The van der Waals surface area contributed by atoms with Crippen LogP contribution in [-0.4, -0.2) is 25.8 Å². The summed E-state index contributed by atoms with van der Waals surface area (Å²) in [6, 6.07) is 12.5. The Bertz CT molecular complexity index is 986. The standard InChI is InChI=1S/C18H17FN2O3S2/c1-13-20-18(12-25-13)14-3-2-4-16(11-14)21-26(22,23)10-9-24-17-7-5-15(19)6-8-17/h2-8,11-12,21H,9-10H2,1H3. The summed E-state index contributed by atoms with van der Waals surface area (Å²) in [5.41, 5.74) is 2.13. The van der Waals surface area contributed by atoms with Gasteiger partial charge in [0.25, 0.3) is 0 Å². The van der Waals surface area contributed by atoms with Crippen molar-refractivity contribution in [2.24, 2.45) is 0 Å². The number of benzene rings is 2. The van der Waals surface area contributed by atoms with Crippen molar-refractivity contribution in [2.45, 2.75) is 6.92 Å². The maximum Gasteiger partial charge on any atom is 0.236 e. The van der Waals surface area contributed by atoms with Crippen LogP contribution in [0.5, 0.6) is 5.75 Å². The first-order chi connectivity index (χ1) is 12.4. The molecule has 1 heterocycles. The summed E-state index contributed by atoms with van der Waals surface area (Å²) in [4.78, 5) is 4.40. The van der Waals surface area contributed by atoms with Gasteiger partial charge in [-0.1, -0.05) is 12.1 Å². The van der Waals surface area contributed by atoms with Crippen LogP contribution < -0.4 is 9.46 Å². The number of rotatable bonds is 7. The summed E-state index contributed by atoms with van der Waals surface area (Å²) < 4.78 is 45.2. The fourth-order valence-corrected chi connectivity index (χ4v) is 3.78. The van der Waals surface area contributed by atoms with Crippen molar-refractivity contribution >= 4 is 27.0 Å². The average Bonchev–Trinajstić information content (AvgIpc) is 3.03. The molecule has 0 bridgehead atoms. The predicted molar refractivity (Wildman–Crippen MR) is 102 cm³/mol. The zero-order valence-corrected chi connectivity index (χ0v) is 15.6. The molecular formula is C18H17FN2O3S2. The topological polar surface area (TPSA) is 68.3 Å². The first-order valence-corrected chi connectivity index (χ1v) is 10.4. The lowest BCUT2D eigenvalue weighted by atomic mass is 10.1. The summed E-state index contributed by atoms with van der Waals surface area (Å²) in [6.07, 6.45) is 0. The van der Waals surface area contributed by atoms with E-state index in [1.165, 1.54) is 35.6 Å². The Hall–Kier alpha value is -2.45. The molecule has 8 heteroatoms. The maximum atomic E-state index is 12.8. The van der Waals surface area contributed by atoms with Crippen LogP contribution in [0, 0.1) is 12.7 Å². The number of hydrogen-bond donors (Lipinski definition) is 1. The number of aromatic nitrogens is 1. The van der Waals surface area contributed by atoms with Crippen LogP contribution in [0.25, 0.3) is 11.3 Å². The summed E-state index contributed by atoms with van der Waals surface area (Å²) in [7, 11) is -3.57. The molecule has 5 nitrogen and oxygen atoms in total. The number of sulfonamides is 1. The highest BCUT2D eigenvalue weighted by molar-refractivity contribution is 7.92. The Kier molecular flexibility index (Phi) is 5.53. The van der Waals surface area contributed by atoms with Crippen molar-refractivity contribution in [1.29, 1.82) is 0 Å². The highest BCUT2D eigenvalue weighted by Gasteiger charge is 2.12. The molecule has 0 aliphatic carbocycles. The van der Waals surface area contributed by atoms with E-state index >= 15 is 0 Å². The molecule has 0 radical (unpaired) electrons. The lowest BCUT2D eigenvalue weighted by Crippen LogP contribution is -2.21. The van der Waals surface area contributed by atoms with Gasteiger partial charge in [0.05, 0.1) is 10.7 Å². The zero-order chi connectivity index (χ0) is 18.6. The normalized spacial score (nSPS) is 11.3. The smallest absolute Gasteiger partial charge is 0.236 e. The minimum atomic E-state index is -3.57. The fourth-order valence-electron chi connectivity index (χ4n) is 2.27. The average molecular weight is 392 g/mol. The lowest BCUT2D eigenvalue weighted by molar-refractivity contribution is 0.340. The van der Waals surface area contributed by atoms with E-state index in [1.54, 1.807) is 18.2 Å². The van der Waals surface area contributed by atoms with E-state index in [2.05, 4.69) is 9.71 Å². The van der Waals surface area contributed by atoms with Crippen LogP contribution >= 0.6 is 11.3 Å². The summed E-state index contributed by atoms with van der Waals surface area (Å²) in [5.74, 6) is -0.172. The van der Waals surface area contributed by atoms with Crippen molar-refractivity contribution in [1.82, 2.24) is 4.98 Å². The van der Waals surface area contributed by atoms with E-state index < -0.39 is 10.0 Å². The van der Waals surface area contributed by atoms with Gasteiger partial charge in [0.1, 0.15) is 23.9 Å². The Morgan fingerprint density at radius 1 is 1.19 bits per heavy atom. The molecule has 0 atom stereocenters. The second kappa shape index (κ2) is 7.84. The van der Waals surface area contributed by atoms with Gasteiger partial charge in [0.15, 0.2) is 0 Å². The second-order valence-electron chi connectivity index (χ2n) is 5.56. The van der Waals surface area contributed by atoms with E-state index in [0.29, 0.717) is 11.4 Å². The third-order valence-electron chi connectivity index (χ3n) is 3.49. The number of ether oxygens (including phenoxy) is 1. The van der Waals surface area contributed by atoms with Gasteiger partial charge in [-0.05, 0) is 43.3 Å². The summed E-state index contributed by atoms with van der Waals surface area (Å²) in [6.45, 7) is 1.88. The van der Waals surface area contributed by atoms with Gasteiger partial charge < -0.3 is 4.74 Å². The Labute approximate surface area is 155 Å². The van der Waals surface area contributed by atoms with Crippen molar-refractivity contribution in [2.75, 3.05) is 17.1 Å². The van der Waals surface area contributed by atoms with Gasteiger partial charge in [-0.2, -0.15) is 0 Å². The third kappa shape index (κ3) is 5.03. The minimum absolute atomic E-state index is 0.0358. The molecular weight excluding hydrogens is 375 g/mol. The number of aryl methyl sites for hydroxylation is 1. The molecule has 0 aliphatic heterocycles. The molecule has 0 saturated heterocycles. The van der Waals surface area contributed by atoms with Gasteiger partial charge >= 0.3 is 0 Å². The van der Waals surface area contributed by atoms with Crippen LogP contribution in [0.3, 0.4) is 0 Å². The van der Waals surface area contributed by atoms with E-state index in [-0.39, 0.29) is 18.2 Å². The fraction of sp³-hybridized carbons (Fsp3) is 0.167. The van der Waals surface area contributed by atoms with Crippen molar-refractivity contribution in [3.05, 3.63) is 64.7 Å². The number of halogens is 1. The largest absolute Gasteiger partial charge is 0.492 e. The number of nitrogens with zero attached hydrogens (tertiary/aromatic N) is 1. The van der Waals surface area contributed by atoms with Gasteiger partial charge in [-0.3, -0.25) is 4.72 Å². The second-order valence-corrected chi connectivity index (χ2v) is 8.46. The predicted octanol–water partition coefficient (Wildman–Crippen LogP) is 4.08. The molecule has 2 aromatic carbocycles. The molecule has 1 aromatic heterocycles. The SMILES string of the molecule is Cc1nc(-c2cccc(NS(=O)(=O)CCOc3ccc(F)cc3)c2)cs1. The molecule has 26 heavy (non-hydrogen) atoms. The van der Waals surface area contributed by atoms with Crippen LogP contribution in [0.4, 0.5) is 10.1 Å². The van der Waals surface area contributed by atoms with Crippen LogP contribution in [0.15, 0.2) is 53.9 Å². The summed E-state index contributed by atoms with van der Waals surface area (Å²) in [5, 5.41) is 2.88. The molecule has 0 saturated carbocycles. The number of hydrogen-bond acceptors (Lipinski definition) is 5. The first-order valence-electron chi connectivity index (χ1n) is 7.83. The zero-order valence-electron chi connectivity index (χ0n) is 14.0. The lowest BCUT2D eigenvalue weighted by Gasteiger charge is -2.10. The van der Waals surface area contributed by atoms with Gasteiger partial charge in [0.2, 0.25) is 10.0 Å². The molecule has 0 amide bonds. The van der Waals surface area contributed by atoms with Crippen molar-refractivity contribution in [3.63, 3.8) is 0 Å². The molecule has 3 rings (SSSR count). The van der Waals surface area contributed by atoms with E-state index in [1.807, 2.05) is 18.4 Å². The number of anilines is 1. The third-order valence-corrected chi connectivity index (χ3v) is 5.51. The molecule has 3 aromatic rings. The van der Waals surface area contributed by atoms with Crippen molar-refractivity contribution < 1.29 is 17.5 Å². The molecule has 0 spiro atoms.